The Labute approximate surface area is 88.5 Å². The number of hydrogen-bond donors (Lipinski definition) is 0. The van der Waals surface area contributed by atoms with Crippen LogP contribution < -0.4 is 0 Å². The van der Waals surface area contributed by atoms with Crippen LogP contribution >= 0.6 is 0 Å². The third-order valence-electron chi connectivity index (χ3n) is 2.36. The minimum Gasteiger partial charge on any atom is -0.493 e. The molecule has 4 nitrogen and oxygen atoms in total. The van der Waals surface area contributed by atoms with E-state index >= 15 is 0 Å². The van der Waals surface area contributed by atoms with Crippen molar-refractivity contribution >= 4 is 5.78 Å². The van der Waals surface area contributed by atoms with E-state index in [1.54, 1.807) is 6.20 Å². The number of allylic oxidation sites excluding steroid dienone is 1. The monoisotopic (exact) mass is 206 g/mol. The number of hydrogen-bond acceptors (Lipinski definition) is 3. The van der Waals surface area contributed by atoms with E-state index in [1.807, 2.05) is 10.9 Å². The fraction of sp³-hybridized carbons (Fsp3) is 0.455. The second kappa shape index (κ2) is 4.29. The van der Waals surface area contributed by atoms with Crippen LogP contribution in [0.25, 0.3) is 0 Å². The summed E-state index contributed by atoms with van der Waals surface area (Å²) < 4.78 is 7.25. The lowest BCUT2D eigenvalue weighted by Gasteiger charge is -2.16. The third kappa shape index (κ3) is 2.26. The molecule has 4 heteroatoms. The molecule has 15 heavy (non-hydrogen) atoms. The number of aromatic nitrogens is 2. The zero-order valence-corrected chi connectivity index (χ0v) is 8.72. The Balaban J connectivity index is 2.09. The maximum Gasteiger partial charge on any atom is 0.162 e. The molecule has 0 amide bonds. The van der Waals surface area contributed by atoms with Crippen molar-refractivity contribution in [1.29, 1.82) is 0 Å². The predicted molar refractivity (Wildman–Crippen MR) is 55.1 cm³/mol. The average Bonchev–Trinajstić information content (AvgIpc) is 2.67. The maximum atomic E-state index is 11.2. The summed E-state index contributed by atoms with van der Waals surface area (Å²) in [6.07, 6.45) is 7.95. The Kier molecular flexibility index (Phi) is 2.85. The summed E-state index contributed by atoms with van der Waals surface area (Å²) >= 11 is 0. The van der Waals surface area contributed by atoms with Gasteiger partial charge in [-0.3, -0.25) is 9.48 Å². The topological polar surface area (TPSA) is 44.1 Å². The van der Waals surface area contributed by atoms with Crippen molar-refractivity contribution < 1.29 is 9.53 Å². The Bertz CT molecular complexity index is 382. The zero-order chi connectivity index (χ0) is 10.7. The van der Waals surface area contributed by atoms with Crippen LogP contribution in [-0.4, -0.2) is 15.6 Å². The van der Waals surface area contributed by atoms with Gasteiger partial charge in [-0.25, -0.2) is 0 Å². The molecule has 0 saturated carbocycles. The first-order chi connectivity index (χ1) is 7.29. The second-order valence-electron chi connectivity index (χ2n) is 3.63. The summed E-state index contributed by atoms with van der Waals surface area (Å²) in [7, 11) is 0. The van der Waals surface area contributed by atoms with Crippen LogP contribution in [0, 0.1) is 0 Å². The van der Waals surface area contributed by atoms with Crippen molar-refractivity contribution in [2.24, 2.45) is 0 Å². The normalized spacial score (nSPS) is 20.3. The lowest BCUT2D eigenvalue weighted by atomic mass is 10.1. The highest BCUT2D eigenvalue weighted by molar-refractivity contribution is 5.90. The van der Waals surface area contributed by atoms with Crippen molar-refractivity contribution in [1.82, 2.24) is 9.78 Å². The number of rotatable bonds is 3. The smallest absolute Gasteiger partial charge is 0.162 e. The minimum absolute atomic E-state index is 0.106. The van der Waals surface area contributed by atoms with Crippen LogP contribution in [0.15, 0.2) is 24.7 Å². The van der Waals surface area contributed by atoms with Gasteiger partial charge in [0, 0.05) is 24.4 Å². The summed E-state index contributed by atoms with van der Waals surface area (Å²) in [6, 6.07) is 0. The molecule has 1 aliphatic heterocycles. The van der Waals surface area contributed by atoms with Crippen molar-refractivity contribution in [3.8, 4) is 0 Å². The van der Waals surface area contributed by atoms with Crippen molar-refractivity contribution in [3.05, 3.63) is 30.3 Å². The first-order valence-electron chi connectivity index (χ1n) is 5.17. The molecule has 0 N–H and O–H groups in total. The van der Waals surface area contributed by atoms with E-state index < -0.39 is 0 Å². The Morgan fingerprint density at radius 2 is 2.53 bits per heavy atom. The molecule has 1 atom stereocenters. The molecular formula is C11H14N2O2. The number of carbonyl (C=O) groups excluding carboxylic acids is 1. The fourth-order valence-electron chi connectivity index (χ4n) is 1.60. The lowest BCUT2D eigenvalue weighted by molar-refractivity contribution is -0.118. The molecule has 1 aliphatic rings. The summed E-state index contributed by atoms with van der Waals surface area (Å²) in [5, 5.41) is 4.21. The number of carbonyl (C=O) groups is 1. The first-order valence-corrected chi connectivity index (χ1v) is 5.17. The molecule has 0 saturated heterocycles. The van der Waals surface area contributed by atoms with Crippen LogP contribution in [0.1, 0.15) is 31.4 Å². The van der Waals surface area contributed by atoms with E-state index in [-0.39, 0.29) is 11.9 Å². The van der Waals surface area contributed by atoms with Gasteiger partial charge in [-0.1, -0.05) is 6.92 Å². The summed E-state index contributed by atoms with van der Waals surface area (Å²) in [4.78, 5) is 11.2. The second-order valence-corrected chi connectivity index (χ2v) is 3.63. The predicted octanol–water partition coefficient (Wildman–Crippen LogP) is 1.84. The largest absolute Gasteiger partial charge is 0.493 e. The van der Waals surface area contributed by atoms with Gasteiger partial charge < -0.3 is 4.74 Å². The van der Waals surface area contributed by atoms with Crippen LogP contribution in [0.3, 0.4) is 0 Å². The van der Waals surface area contributed by atoms with Crippen molar-refractivity contribution in [2.45, 2.75) is 32.4 Å². The third-order valence-corrected chi connectivity index (χ3v) is 2.36. The Morgan fingerprint density at radius 1 is 1.67 bits per heavy atom. The van der Waals surface area contributed by atoms with Crippen LogP contribution in [-0.2, 0) is 16.1 Å². The molecule has 2 rings (SSSR count). The molecule has 80 valence electrons. The first kappa shape index (κ1) is 9.96. The standard InChI is InChI=1S/C11H14N2O2/c1-2-4-13-8-9(7-12-13)11-6-10(14)3-5-15-11/h3,5,7-8,11H,2,4,6H2,1H3. The summed E-state index contributed by atoms with van der Waals surface area (Å²) in [5.74, 6) is 0.106. The van der Waals surface area contributed by atoms with Crippen molar-refractivity contribution in [2.75, 3.05) is 0 Å². The van der Waals surface area contributed by atoms with Gasteiger partial charge in [0.15, 0.2) is 5.78 Å². The van der Waals surface area contributed by atoms with Gasteiger partial charge in [0.2, 0.25) is 0 Å². The van der Waals surface area contributed by atoms with E-state index in [4.69, 9.17) is 4.74 Å². The molecular weight excluding hydrogens is 192 g/mol. The molecule has 2 heterocycles. The molecule has 0 spiro atoms. The van der Waals surface area contributed by atoms with Gasteiger partial charge in [0.1, 0.15) is 6.10 Å². The quantitative estimate of drug-likeness (QED) is 0.758. The summed E-state index contributed by atoms with van der Waals surface area (Å²) in [6.45, 7) is 3.00. The molecule has 0 aliphatic carbocycles. The lowest BCUT2D eigenvalue weighted by Crippen LogP contribution is -2.10. The molecule has 0 aromatic carbocycles. The number of aryl methyl sites for hydroxylation is 1. The van der Waals surface area contributed by atoms with Gasteiger partial charge in [-0.2, -0.15) is 5.10 Å². The molecule has 1 unspecified atom stereocenters. The van der Waals surface area contributed by atoms with Crippen molar-refractivity contribution in [3.63, 3.8) is 0 Å². The summed E-state index contributed by atoms with van der Waals surface area (Å²) in [5.41, 5.74) is 0.973. The fourth-order valence-corrected chi connectivity index (χ4v) is 1.60. The molecule has 0 radical (unpaired) electrons. The number of nitrogens with zero attached hydrogens (tertiary/aromatic N) is 2. The highest BCUT2D eigenvalue weighted by Crippen LogP contribution is 2.24. The average molecular weight is 206 g/mol. The van der Waals surface area contributed by atoms with Gasteiger partial charge in [-0.15, -0.1) is 0 Å². The Hall–Kier alpha value is -1.58. The van der Waals surface area contributed by atoms with E-state index in [2.05, 4.69) is 12.0 Å². The van der Waals surface area contributed by atoms with Gasteiger partial charge in [0.05, 0.1) is 18.9 Å². The molecule has 0 bridgehead atoms. The zero-order valence-electron chi connectivity index (χ0n) is 8.72. The minimum atomic E-state index is -0.159. The van der Waals surface area contributed by atoms with Gasteiger partial charge >= 0.3 is 0 Å². The van der Waals surface area contributed by atoms with Crippen LogP contribution in [0.2, 0.25) is 0 Å². The molecule has 1 aromatic heterocycles. The number of ketones is 1. The highest BCUT2D eigenvalue weighted by Gasteiger charge is 2.19. The van der Waals surface area contributed by atoms with E-state index in [0.717, 1.165) is 18.5 Å². The van der Waals surface area contributed by atoms with Crippen LogP contribution in [0.4, 0.5) is 0 Å². The highest BCUT2D eigenvalue weighted by atomic mass is 16.5. The van der Waals surface area contributed by atoms with E-state index in [0.29, 0.717) is 6.42 Å². The van der Waals surface area contributed by atoms with E-state index in [9.17, 15) is 4.79 Å². The molecule has 1 aromatic rings. The molecule has 0 fully saturated rings. The number of ether oxygens (including phenoxy) is 1. The van der Waals surface area contributed by atoms with Crippen LogP contribution in [0.5, 0.6) is 0 Å². The van der Waals surface area contributed by atoms with E-state index in [1.165, 1.54) is 12.3 Å². The van der Waals surface area contributed by atoms with Gasteiger partial charge in [-0.05, 0) is 6.42 Å². The Morgan fingerprint density at radius 3 is 3.27 bits per heavy atom. The van der Waals surface area contributed by atoms with Gasteiger partial charge in [0.25, 0.3) is 0 Å². The maximum absolute atomic E-state index is 11.2. The SMILES string of the molecule is CCCn1cc(C2CC(=O)C=CO2)cn1.